The number of anilines is 1. The Labute approximate surface area is 200 Å². The largest absolute Gasteiger partial charge is 0.444 e. The Bertz CT molecular complexity index is 900. The highest BCUT2D eigenvalue weighted by Gasteiger charge is 2.31. The van der Waals surface area contributed by atoms with Crippen molar-refractivity contribution >= 4 is 29.7 Å². The normalized spacial score (nSPS) is 17.0. The third-order valence-electron chi connectivity index (χ3n) is 4.57. The molecule has 2 fully saturated rings. The molecule has 0 spiro atoms. The zero-order chi connectivity index (χ0) is 25.7. The molecule has 12 nitrogen and oxygen atoms in total. The molecule has 0 saturated carbocycles. The van der Waals surface area contributed by atoms with Crippen LogP contribution in [-0.4, -0.2) is 94.1 Å². The molecule has 0 aromatic carbocycles. The van der Waals surface area contributed by atoms with Crippen LogP contribution >= 0.6 is 0 Å². The van der Waals surface area contributed by atoms with Crippen LogP contribution in [0.15, 0.2) is 12.4 Å². The Hall–Kier alpha value is -3.31. The first-order valence-corrected chi connectivity index (χ1v) is 11.2. The van der Waals surface area contributed by atoms with Crippen molar-refractivity contribution in [3.8, 4) is 0 Å². The van der Waals surface area contributed by atoms with Crippen LogP contribution in [-0.2, 0) is 26.1 Å². The fraction of sp³-hybridized carbons (Fsp3) is 0.682. The summed E-state index contributed by atoms with van der Waals surface area (Å²) in [5.41, 5.74) is -0.313. The van der Waals surface area contributed by atoms with Crippen molar-refractivity contribution in [3.05, 3.63) is 12.4 Å². The molecule has 1 aromatic rings. The van der Waals surface area contributed by atoms with Crippen molar-refractivity contribution in [1.29, 1.82) is 0 Å². The lowest BCUT2D eigenvalue weighted by Crippen LogP contribution is -2.53. The Balaban J connectivity index is 0.000000257. The van der Waals surface area contributed by atoms with Crippen LogP contribution in [0.3, 0.4) is 0 Å². The highest BCUT2D eigenvalue weighted by molar-refractivity contribution is 5.97. The second kappa shape index (κ2) is 10.7. The van der Waals surface area contributed by atoms with Gasteiger partial charge in [0.2, 0.25) is 11.8 Å². The minimum absolute atomic E-state index is 0.0316. The number of hydrogen-bond acceptors (Lipinski definition) is 7. The van der Waals surface area contributed by atoms with E-state index in [9.17, 15) is 19.2 Å². The summed E-state index contributed by atoms with van der Waals surface area (Å²) in [5, 5.41) is 6.69. The predicted octanol–water partition coefficient (Wildman–Crippen LogP) is 1.36. The summed E-state index contributed by atoms with van der Waals surface area (Å²) in [6, 6.07) is 0. The predicted molar refractivity (Wildman–Crippen MR) is 124 cm³/mol. The standard InChI is InChI=1S/C13H20N4O3.C9H16N2O3/c1-13(2,3)20-12(19)16-5-6-17(11(18)9-16)10-7-14-15(4)8-10;1-9(2,3)14-8(13)11-5-4-10-7(12)6-11/h7-8H,5-6,9H2,1-4H3;4-6H2,1-3H3,(H,10,12). The summed E-state index contributed by atoms with van der Waals surface area (Å²) in [7, 11) is 1.80. The number of nitrogens with zero attached hydrogens (tertiary/aromatic N) is 5. The number of nitrogens with one attached hydrogen (secondary N) is 1. The van der Waals surface area contributed by atoms with Gasteiger partial charge < -0.3 is 19.7 Å². The van der Waals surface area contributed by atoms with Gasteiger partial charge in [-0.3, -0.25) is 24.1 Å². The molecule has 0 radical (unpaired) electrons. The first-order chi connectivity index (χ1) is 15.6. The summed E-state index contributed by atoms with van der Waals surface area (Å²) < 4.78 is 12.0. The third kappa shape index (κ3) is 8.56. The lowest BCUT2D eigenvalue weighted by atomic mass is 10.2. The topological polar surface area (TPSA) is 126 Å². The minimum atomic E-state index is -0.555. The molecular weight excluding hydrogens is 444 g/mol. The number of aryl methyl sites for hydroxylation is 1. The number of ether oxygens (including phenoxy) is 2. The molecule has 2 aliphatic rings. The first kappa shape index (κ1) is 26.9. The quantitative estimate of drug-likeness (QED) is 0.643. The van der Waals surface area contributed by atoms with E-state index < -0.39 is 23.4 Å². The van der Waals surface area contributed by atoms with Gasteiger partial charge in [-0.05, 0) is 41.5 Å². The summed E-state index contributed by atoms with van der Waals surface area (Å²) in [6.45, 7) is 12.9. The van der Waals surface area contributed by atoms with Gasteiger partial charge in [-0.1, -0.05) is 0 Å². The van der Waals surface area contributed by atoms with Gasteiger partial charge in [0.05, 0.1) is 11.9 Å². The van der Waals surface area contributed by atoms with E-state index in [0.29, 0.717) is 26.2 Å². The zero-order valence-corrected chi connectivity index (χ0v) is 21.1. The maximum absolute atomic E-state index is 12.1. The molecular formula is C22H36N6O6. The number of amides is 4. The van der Waals surface area contributed by atoms with E-state index in [1.165, 1.54) is 9.80 Å². The van der Waals surface area contributed by atoms with Crippen LogP contribution in [0.5, 0.6) is 0 Å². The molecule has 2 aliphatic heterocycles. The highest BCUT2D eigenvalue weighted by atomic mass is 16.6. The monoisotopic (exact) mass is 480 g/mol. The average molecular weight is 481 g/mol. The van der Waals surface area contributed by atoms with Crippen molar-refractivity contribution < 1.29 is 28.7 Å². The molecule has 0 bridgehead atoms. The molecule has 0 atom stereocenters. The molecule has 0 aliphatic carbocycles. The summed E-state index contributed by atoms with van der Waals surface area (Å²) in [4.78, 5) is 51.0. The van der Waals surface area contributed by atoms with Gasteiger partial charge >= 0.3 is 12.2 Å². The summed E-state index contributed by atoms with van der Waals surface area (Å²) in [6.07, 6.45) is 2.55. The fourth-order valence-electron chi connectivity index (χ4n) is 3.10. The van der Waals surface area contributed by atoms with Crippen LogP contribution < -0.4 is 10.2 Å². The van der Waals surface area contributed by atoms with E-state index in [1.54, 1.807) is 70.6 Å². The van der Waals surface area contributed by atoms with Gasteiger partial charge in [-0.15, -0.1) is 0 Å². The Morgan fingerprint density at radius 3 is 1.91 bits per heavy atom. The highest BCUT2D eigenvalue weighted by Crippen LogP contribution is 2.18. The second-order valence-electron chi connectivity index (χ2n) is 10.1. The smallest absolute Gasteiger partial charge is 0.410 e. The molecule has 0 unspecified atom stereocenters. The Kier molecular flexibility index (Phi) is 8.51. The fourth-order valence-corrected chi connectivity index (χ4v) is 3.10. The third-order valence-corrected chi connectivity index (χ3v) is 4.57. The number of rotatable bonds is 1. The van der Waals surface area contributed by atoms with Gasteiger partial charge in [0.25, 0.3) is 0 Å². The zero-order valence-electron chi connectivity index (χ0n) is 21.1. The van der Waals surface area contributed by atoms with Crippen molar-refractivity contribution in [2.45, 2.75) is 52.7 Å². The molecule has 190 valence electrons. The Morgan fingerprint density at radius 1 is 0.912 bits per heavy atom. The van der Waals surface area contributed by atoms with E-state index in [4.69, 9.17) is 9.47 Å². The van der Waals surface area contributed by atoms with Crippen molar-refractivity contribution in [2.75, 3.05) is 44.2 Å². The van der Waals surface area contributed by atoms with Crippen LogP contribution in [0.2, 0.25) is 0 Å². The second-order valence-corrected chi connectivity index (χ2v) is 10.1. The van der Waals surface area contributed by atoms with E-state index >= 15 is 0 Å². The molecule has 12 heteroatoms. The molecule has 34 heavy (non-hydrogen) atoms. The van der Waals surface area contributed by atoms with Crippen LogP contribution in [0, 0.1) is 0 Å². The first-order valence-electron chi connectivity index (χ1n) is 11.2. The maximum atomic E-state index is 12.1. The van der Waals surface area contributed by atoms with E-state index in [1.807, 2.05) is 0 Å². The molecule has 3 rings (SSSR count). The van der Waals surface area contributed by atoms with Crippen molar-refractivity contribution in [1.82, 2.24) is 24.9 Å². The number of carbonyl (C=O) groups excluding carboxylic acids is 4. The van der Waals surface area contributed by atoms with Gasteiger partial charge in [0.1, 0.15) is 24.3 Å². The molecule has 3 heterocycles. The van der Waals surface area contributed by atoms with Gasteiger partial charge in [-0.2, -0.15) is 5.10 Å². The van der Waals surface area contributed by atoms with Crippen LogP contribution in [0.1, 0.15) is 41.5 Å². The number of piperazine rings is 2. The van der Waals surface area contributed by atoms with E-state index in [2.05, 4.69) is 10.4 Å². The van der Waals surface area contributed by atoms with Gasteiger partial charge in [0.15, 0.2) is 0 Å². The SMILES string of the molecule is CC(C)(C)OC(=O)N1CCNC(=O)C1.Cn1cc(N2CCN(C(=O)OC(C)(C)C)CC2=O)cn1. The molecule has 2 saturated heterocycles. The number of hydrogen-bond donors (Lipinski definition) is 1. The Morgan fingerprint density at radius 2 is 1.47 bits per heavy atom. The lowest BCUT2D eigenvalue weighted by Gasteiger charge is -2.34. The summed E-state index contributed by atoms with van der Waals surface area (Å²) >= 11 is 0. The summed E-state index contributed by atoms with van der Waals surface area (Å²) in [5.74, 6) is -0.266. The molecule has 1 aromatic heterocycles. The average Bonchev–Trinajstić information content (AvgIpc) is 3.12. The van der Waals surface area contributed by atoms with E-state index in [0.717, 1.165) is 5.69 Å². The van der Waals surface area contributed by atoms with Crippen LogP contribution in [0.25, 0.3) is 0 Å². The number of carbonyl (C=O) groups is 4. The van der Waals surface area contributed by atoms with Gasteiger partial charge in [-0.25, -0.2) is 9.59 Å². The van der Waals surface area contributed by atoms with E-state index in [-0.39, 0.29) is 24.9 Å². The number of aromatic nitrogens is 2. The lowest BCUT2D eigenvalue weighted by molar-refractivity contribution is -0.124. The molecule has 1 N–H and O–H groups in total. The van der Waals surface area contributed by atoms with Crippen LogP contribution in [0.4, 0.5) is 15.3 Å². The van der Waals surface area contributed by atoms with Crippen molar-refractivity contribution in [2.24, 2.45) is 7.05 Å². The van der Waals surface area contributed by atoms with Gasteiger partial charge in [0, 0.05) is 39.4 Å². The maximum Gasteiger partial charge on any atom is 0.410 e. The van der Waals surface area contributed by atoms with Crippen molar-refractivity contribution in [3.63, 3.8) is 0 Å². The molecule has 4 amide bonds. The minimum Gasteiger partial charge on any atom is -0.444 e.